The van der Waals surface area contributed by atoms with Crippen molar-refractivity contribution < 1.29 is 14.5 Å². The molecule has 4 nitrogen and oxygen atoms in total. The lowest BCUT2D eigenvalue weighted by Gasteiger charge is -2.27. The van der Waals surface area contributed by atoms with Crippen LogP contribution in [0.2, 0.25) is 0 Å². The second-order valence-electron chi connectivity index (χ2n) is 6.57. The van der Waals surface area contributed by atoms with Gasteiger partial charge in [0.25, 0.3) is 0 Å². The molecule has 2 amide bonds. The van der Waals surface area contributed by atoms with Crippen molar-refractivity contribution in [1.82, 2.24) is 4.90 Å². The molecule has 4 atom stereocenters. The Kier molecular flexibility index (Phi) is 2.56. The van der Waals surface area contributed by atoms with Crippen LogP contribution in [0, 0.1) is 23.7 Å². The summed E-state index contributed by atoms with van der Waals surface area (Å²) in [6.07, 6.45) is 9.10. The highest BCUT2D eigenvalue weighted by Gasteiger charge is 2.59. The summed E-state index contributed by atoms with van der Waals surface area (Å²) in [7, 11) is 0. The number of likely N-dealkylation sites (tertiary alicyclic amines) is 2. The molecule has 0 aromatic rings. The van der Waals surface area contributed by atoms with Gasteiger partial charge in [-0.05, 0) is 37.5 Å². The number of fused-ring (bicyclic) bond motifs is 5. The molecule has 4 heteroatoms. The van der Waals surface area contributed by atoms with Crippen molar-refractivity contribution in [2.24, 2.45) is 23.7 Å². The maximum Gasteiger partial charge on any atom is 0.238 e. The van der Waals surface area contributed by atoms with E-state index < -0.39 is 0 Å². The number of piperidine rings is 1. The molecule has 102 valence electrons. The van der Waals surface area contributed by atoms with E-state index in [0.29, 0.717) is 18.5 Å². The number of carbonyl (C=O) groups excluding carboxylic acids is 2. The van der Waals surface area contributed by atoms with E-state index in [0.717, 1.165) is 19.5 Å². The highest BCUT2D eigenvalue weighted by atomic mass is 16.2. The zero-order valence-corrected chi connectivity index (χ0v) is 11.2. The Morgan fingerprint density at radius 3 is 2.16 bits per heavy atom. The Bertz CT molecular complexity index is 423. The summed E-state index contributed by atoms with van der Waals surface area (Å²) in [6.45, 7) is 2.83. The van der Waals surface area contributed by atoms with Gasteiger partial charge in [0.15, 0.2) is 6.67 Å². The van der Waals surface area contributed by atoms with Crippen LogP contribution in [0.4, 0.5) is 0 Å². The second kappa shape index (κ2) is 4.17. The first-order chi connectivity index (χ1) is 9.25. The number of nitrogens with one attached hydrogen (secondary N) is 1. The monoisotopic (exact) mass is 261 g/mol. The average Bonchev–Trinajstić information content (AvgIpc) is 3.10. The van der Waals surface area contributed by atoms with Crippen LogP contribution in [0.25, 0.3) is 0 Å². The highest BCUT2D eigenvalue weighted by Crippen LogP contribution is 2.52. The van der Waals surface area contributed by atoms with Crippen molar-refractivity contribution in [3.63, 3.8) is 0 Å². The van der Waals surface area contributed by atoms with E-state index in [4.69, 9.17) is 0 Å². The van der Waals surface area contributed by atoms with Crippen LogP contribution >= 0.6 is 0 Å². The van der Waals surface area contributed by atoms with Crippen LogP contribution in [-0.4, -0.2) is 36.5 Å². The molecule has 19 heavy (non-hydrogen) atoms. The van der Waals surface area contributed by atoms with Gasteiger partial charge in [0, 0.05) is 0 Å². The van der Waals surface area contributed by atoms with Gasteiger partial charge < -0.3 is 4.90 Å². The van der Waals surface area contributed by atoms with E-state index in [-0.39, 0.29) is 23.7 Å². The third-order valence-electron chi connectivity index (χ3n) is 5.50. The summed E-state index contributed by atoms with van der Waals surface area (Å²) in [5.41, 5.74) is 0. The average molecular weight is 261 g/mol. The van der Waals surface area contributed by atoms with E-state index in [9.17, 15) is 9.59 Å². The third kappa shape index (κ3) is 1.62. The molecule has 2 saturated heterocycles. The number of amides is 2. The van der Waals surface area contributed by atoms with Gasteiger partial charge in [-0.15, -0.1) is 0 Å². The number of allylic oxidation sites excluding steroid dienone is 2. The molecule has 0 unspecified atom stereocenters. The molecule has 2 heterocycles. The largest absolute Gasteiger partial charge is 0.317 e. The van der Waals surface area contributed by atoms with Gasteiger partial charge in [-0.1, -0.05) is 12.2 Å². The predicted molar refractivity (Wildman–Crippen MR) is 69.0 cm³/mol. The minimum absolute atomic E-state index is 0.0216. The lowest BCUT2D eigenvalue weighted by molar-refractivity contribution is -0.912. The molecule has 3 fully saturated rings. The lowest BCUT2D eigenvalue weighted by atomic mass is 9.85. The molecular formula is C15H21N2O2+. The summed E-state index contributed by atoms with van der Waals surface area (Å²) in [6, 6.07) is 0. The number of hydrogen-bond acceptors (Lipinski definition) is 2. The standard InChI is InChI=1S/C15H20N2O2/c18-14-12-10-4-5-11(8-10)13(12)15(19)17(14)9-16-6-2-1-3-7-16/h4-5,10-13H,1-3,6-9H2/p+1/t10-,11-,12+,13+/m1/s1. The number of nitrogens with zero attached hydrogens (tertiary/aromatic N) is 1. The lowest BCUT2D eigenvalue weighted by Crippen LogP contribution is -3.14. The van der Waals surface area contributed by atoms with Gasteiger partial charge >= 0.3 is 0 Å². The fraction of sp³-hybridized carbons (Fsp3) is 0.733. The molecule has 1 N–H and O–H groups in total. The zero-order chi connectivity index (χ0) is 13.0. The maximum absolute atomic E-state index is 12.5. The van der Waals surface area contributed by atoms with Crippen LogP contribution in [0.1, 0.15) is 25.7 Å². The van der Waals surface area contributed by atoms with E-state index in [1.165, 1.54) is 24.2 Å². The zero-order valence-electron chi connectivity index (χ0n) is 11.2. The molecular weight excluding hydrogens is 240 g/mol. The Hall–Kier alpha value is -1.16. The topological polar surface area (TPSA) is 41.8 Å². The molecule has 0 aromatic heterocycles. The minimum Gasteiger partial charge on any atom is -0.317 e. The number of carbonyl (C=O) groups is 2. The van der Waals surface area contributed by atoms with Gasteiger partial charge in [0.1, 0.15) is 0 Å². The number of quaternary nitrogens is 1. The first-order valence-electron chi connectivity index (χ1n) is 7.63. The highest BCUT2D eigenvalue weighted by molar-refractivity contribution is 6.06. The van der Waals surface area contributed by atoms with Crippen molar-refractivity contribution in [3.05, 3.63) is 12.2 Å². The van der Waals surface area contributed by atoms with Crippen LogP contribution in [0.3, 0.4) is 0 Å². The summed E-state index contributed by atoms with van der Waals surface area (Å²) < 4.78 is 0. The summed E-state index contributed by atoms with van der Waals surface area (Å²) in [4.78, 5) is 28.0. The molecule has 0 radical (unpaired) electrons. The van der Waals surface area contributed by atoms with Crippen LogP contribution in [-0.2, 0) is 9.59 Å². The maximum atomic E-state index is 12.5. The molecule has 0 aromatic carbocycles. The van der Waals surface area contributed by atoms with Crippen molar-refractivity contribution in [1.29, 1.82) is 0 Å². The first kappa shape index (κ1) is 11.6. The quantitative estimate of drug-likeness (QED) is 0.553. The van der Waals surface area contributed by atoms with Crippen molar-refractivity contribution in [3.8, 4) is 0 Å². The fourth-order valence-corrected chi connectivity index (χ4v) is 4.55. The Morgan fingerprint density at radius 1 is 1.00 bits per heavy atom. The molecule has 4 aliphatic rings. The van der Waals surface area contributed by atoms with Crippen LogP contribution in [0.15, 0.2) is 12.2 Å². The Morgan fingerprint density at radius 2 is 1.58 bits per heavy atom. The van der Waals surface area contributed by atoms with E-state index in [1.807, 2.05) is 0 Å². The fourth-order valence-electron chi connectivity index (χ4n) is 4.55. The Labute approximate surface area is 113 Å². The molecule has 2 aliphatic heterocycles. The van der Waals surface area contributed by atoms with Crippen LogP contribution < -0.4 is 4.90 Å². The third-order valence-corrected chi connectivity index (χ3v) is 5.50. The molecule has 2 aliphatic carbocycles. The molecule has 2 bridgehead atoms. The van der Waals surface area contributed by atoms with Crippen molar-refractivity contribution >= 4 is 11.8 Å². The Balaban J connectivity index is 1.52. The van der Waals surface area contributed by atoms with Gasteiger partial charge in [-0.25, -0.2) is 4.90 Å². The number of rotatable bonds is 2. The minimum atomic E-state index is -0.0216. The summed E-state index contributed by atoms with van der Waals surface area (Å²) in [5.74, 6) is 0.869. The second-order valence-corrected chi connectivity index (χ2v) is 6.57. The SMILES string of the molecule is O=C1[C@@H]2[C@@H](C(=O)N1C[NH+]1CCCCC1)[C@@H]1C=C[C@@H]2C1. The summed E-state index contributed by atoms with van der Waals surface area (Å²) in [5, 5.41) is 0. The normalized spacial score (nSPS) is 41.4. The first-order valence-corrected chi connectivity index (χ1v) is 7.63. The smallest absolute Gasteiger partial charge is 0.238 e. The number of imide groups is 1. The predicted octanol–water partition coefficient (Wildman–Crippen LogP) is -0.180. The van der Waals surface area contributed by atoms with Crippen molar-refractivity contribution in [2.45, 2.75) is 25.7 Å². The van der Waals surface area contributed by atoms with Gasteiger partial charge in [-0.2, -0.15) is 0 Å². The number of hydrogen-bond donors (Lipinski definition) is 1. The molecule has 1 saturated carbocycles. The van der Waals surface area contributed by atoms with E-state index in [2.05, 4.69) is 12.2 Å². The van der Waals surface area contributed by atoms with Crippen molar-refractivity contribution in [2.75, 3.05) is 19.8 Å². The molecule has 0 spiro atoms. The van der Waals surface area contributed by atoms with Crippen LogP contribution in [0.5, 0.6) is 0 Å². The van der Waals surface area contributed by atoms with Gasteiger partial charge in [0.2, 0.25) is 11.8 Å². The van der Waals surface area contributed by atoms with Gasteiger partial charge in [-0.3, -0.25) is 9.59 Å². The van der Waals surface area contributed by atoms with E-state index in [1.54, 1.807) is 4.90 Å². The summed E-state index contributed by atoms with van der Waals surface area (Å²) >= 11 is 0. The molecule has 4 rings (SSSR count). The van der Waals surface area contributed by atoms with Gasteiger partial charge in [0.05, 0.1) is 24.9 Å². The van der Waals surface area contributed by atoms with E-state index >= 15 is 0 Å².